The summed E-state index contributed by atoms with van der Waals surface area (Å²) < 4.78 is 34.8. The van der Waals surface area contributed by atoms with Crippen LogP contribution in [0, 0.1) is 0 Å². The SMILES string of the molecule is CC(C)(C)S(=O)(=O)N=Cc1ccc2c(c1)ncn2COCC[Si](C)(C)C. The highest BCUT2D eigenvalue weighted by molar-refractivity contribution is 7.91. The van der Waals surface area contributed by atoms with E-state index >= 15 is 0 Å². The van der Waals surface area contributed by atoms with Crippen LogP contribution in [0.15, 0.2) is 28.9 Å². The van der Waals surface area contributed by atoms with Gasteiger partial charge in [-0.3, -0.25) is 0 Å². The number of benzene rings is 1. The van der Waals surface area contributed by atoms with Gasteiger partial charge in [0.25, 0.3) is 10.0 Å². The van der Waals surface area contributed by atoms with Gasteiger partial charge in [-0.25, -0.2) is 13.4 Å². The fourth-order valence-electron chi connectivity index (χ4n) is 2.09. The van der Waals surface area contributed by atoms with Crippen LogP contribution in [0.1, 0.15) is 26.3 Å². The molecule has 0 aliphatic rings. The van der Waals surface area contributed by atoms with Crippen molar-refractivity contribution in [1.29, 1.82) is 0 Å². The van der Waals surface area contributed by atoms with E-state index in [4.69, 9.17) is 4.74 Å². The minimum absolute atomic E-state index is 0.465. The van der Waals surface area contributed by atoms with Crippen LogP contribution < -0.4 is 0 Å². The molecule has 0 fully saturated rings. The summed E-state index contributed by atoms with van der Waals surface area (Å²) in [6, 6.07) is 6.71. The van der Waals surface area contributed by atoms with Gasteiger partial charge in [-0.2, -0.15) is 4.40 Å². The largest absolute Gasteiger partial charge is 0.361 e. The van der Waals surface area contributed by atoms with Crippen LogP contribution in [0.3, 0.4) is 0 Å². The second-order valence-electron chi connectivity index (χ2n) is 8.63. The number of aromatic nitrogens is 2. The minimum atomic E-state index is -3.54. The van der Waals surface area contributed by atoms with Gasteiger partial charge in [0.05, 0.1) is 22.1 Å². The molecule has 0 radical (unpaired) electrons. The number of rotatable bonds is 7. The Balaban J connectivity index is 2.09. The van der Waals surface area contributed by atoms with Crippen LogP contribution in [0.5, 0.6) is 0 Å². The molecule has 6 nitrogen and oxygen atoms in total. The second-order valence-corrected chi connectivity index (χ2v) is 16.6. The van der Waals surface area contributed by atoms with Crippen molar-refractivity contribution in [3.8, 4) is 0 Å². The van der Waals surface area contributed by atoms with Gasteiger partial charge in [-0.15, -0.1) is 0 Å². The highest BCUT2D eigenvalue weighted by Gasteiger charge is 2.27. The zero-order valence-electron chi connectivity index (χ0n) is 16.5. The van der Waals surface area contributed by atoms with Gasteiger partial charge in [0.2, 0.25) is 0 Å². The van der Waals surface area contributed by atoms with Gasteiger partial charge >= 0.3 is 0 Å². The van der Waals surface area contributed by atoms with Crippen molar-refractivity contribution in [2.24, 2.45) is 4.40 Å². The third-order valence-corrected chi connectivity index (χ3v) is 7.62. The fraction of sp³-hybridized carbons (Fsp3) is 0.556. The number of hydrogen-bond donors (Lipinski definition) is 0. The lowest BCUT2D eigenvalue weighted by Crippen LogP contribution is -2.25. The summed E-state index contributed by atoms with van der Waals surface area (Å²) in [6.07, 6.45) is 3.12. The van der Waals surface area contributed by atoms with Crippen LogP contribution >= 0.6 is 0 Å². The summed E-state index contributed by atoms with van der Waals surface area (Å²) in [7, 11) is -4.64. The molecule has 0 aliphatic heterocycles. The molecule has 0 bridgehead atoms. The number of ether oxygens (including phenoxy) is 1. The lowest BCUT2D eigenvalue weighted by molar-refractivity contribution is 0.0898. The number of imidazole rings is 1. The van der Waals surface area contributed by atoms with Crippen molar-refractivity contribution in [3.05, 3.63) is 30.1 Å². The molecule has 1 aromatic carbocycles. The van der Waals surface area contributed by atoms with Gasteiger partial charge in [0, 0.05) is 20.9 Å². The Hall–Kier alpha value is -1.51. The van der Waals surface area contributed by atoms with Crippen molar-refractivity contribution < 1.29 is 13.2 Å². The van der Waals surface area contributed by atoms with Gasteiger partial charge in [-0.05, 0) is 44.5 Å². The highest BCUT2D eigenvalue weighted by Crippen LogP contribution is 2.18. The Kier molecular flexibility index (Phi) is 6.09. The highest BCUT2D eigenvalue weighted by atomic mass is 32.2. The molecule has 0 saturated heterocycles. The van der Waals surface area contributed by atoms with Crippen molar-refractivity contribution >= 4 is 35.3 Å². The smallest absolute Gasteiger partial charge is 0.258 e. The van der Waals surface area contributed by atoms with E-state index in [1.807, 2.05) is 22.8 Å². The van der Waals surface area contributed by atoms with Crippen molar-refractivity contribution in [2.75, 3.05) is 6.61 Å². The quantitative estimate of drug-likeness (QED) is 0.405. The van der Waals surface area contributed by atoms with Crippen LogP contribution in [-0.2, 0) is 21.5 Å². The van der Waals surface area contributed by atoms with E-state index in [9.17, 15) is 8.42 Å². The van der Waals surface area contributed by atoms with Gasteiger partial charge in [0.1, 0.15) is 6.73 Å². The molecule has 0 atom stereocenters. The Morgan fingerprint density at radius 1 is 1.27 bits per heavy atom. The average molecular weight is 396 g/mol. The van der Waals surface area contributed by atoms with Crippen LogP contribution in [0.2, 0.25) is 25.7 Å². The molecular formula is C18H29N3O3SSi. The molecular weight excluding hydrogens is 366 g/mol. The van der Waals surface area contributed by atoms with E-state index in [-0.39, 0.29) is 0 Å². The molecule has 0 aliphatic carbocycles. The molecule has 2 aromatic rings. The Morgan fingerprint density at radius 3 is 2.58 bits per heavy atom. The lowest BCUT2D eigenvalue weighted by atomic mass is 10.2. The Bertz CT molecular complexity index is 891. The van der Waals surface area contributed by atoms with Crippen LogP contribution in [0.4, 0.5) is 0 Å². The van der Waals surface area contributed by atoms with E-state index in [1.54, 1.807) is 27.1 Å². The first-order valence-electron chi connectivity index (χ1n) is 8.72. The topological polar surface area (TPSA) is 73.5 Å². The molecule has 0 unspecified atom stereocenters. The maximum Gasteiger partial charge on any atom is 0.258 e. The van der Waals surface area contributed by atoms with Gasteiger partial charge in [-0.1, -0.05) is 25.7 Å². The summed E-state index contributed by atoms with van der Waals surface area (Å²) in [4.78, 5) is 4.38. The molecule has 0 spiro atoms. The first-order chi connectivity index (χ1) is 11.9. The Labute approximate surface area is 157 Å². The average Bonchev–Trinajstić information content (AvgIpc) is 2.90. The van der Waals surface area contributed by atoms with E-state index in [0.717, 1.165) is 23.7 Å². The van der Waals surface area contributed by atoms with Crippen LogP contribution in [-0.4, -0.2) is 43.6 Å². The maximum absolute atomic E-state index is 12.1. The summed E-state index contributed by atoms with van der Waals surface area (Å²) in [5, 5.41) is 0. The third-order valence-electron chi connectivity index (χ3n) is 3.99. The molecule has 1 heterocycles. The van der Waals surface area contributed by atoms with Gasteiger partial charge < -0.3 is 9.30 Å². The second kappa shape index (κ2) is 7.62. The third kappa shape index (κ3) is 5.49. The molecule has 0 amide bonds. The zero-order valence-corrected chi connectivity index (χ0v) is 18.3. The predicted molar refractivity (Wildman–Crippen MR) is 110 cm³/mol. The van der Waals surface area contributed by atoms with Crippen molar-refractivity contribution in [1.82, 2.24) is 9.55 Å². The maximum atomic E-state index is 12.1. The number of sulfonamides is 1. The molecule has 26 heavy (non-hydrogen) atoms. The minimum Gasteiger partial charge on any atom is -0.361 e. The summed E-state index contributed by atoms with van der Waals surface area (Å²) in [5.41, 5.74) is 2.44. The molecule has 8 heteroatoms. The van der Waals surface area contributed by atoms with E-state index in [1.165, 1.54) is 6.21 Å². The fourth-order valence-corrected chi connectivity index (χ4v) is 3.43. The summed E-state index contributed by atoms with van der Waals surface area (Å²) in [5.74, 6) is 0. The van der Waals surface area contributed by atoms with E-state index in [0.29, 0.717) is 12.3 Å². The lowest BCUT2D eigenvalue weighted by Gasteiger charge is -2.15. The van der Waals surface area contributed by atoms with Gasteiger partial charge in [0.15, 0.2) is 0 Å². The standard InChI is InChI=1S/C18H29N3O3SSi/c1-18(2,3)25(22,23)20-12-15-7-8-17-16(11-15)19-13-21(17)14-24-9-10-26(4,5)6/h7-8,11-13H,9-10,14H2,1-6H3. The van der Waals surface area contributed by atoms with Crippen molar-refractivity contribution in [3.63, 3.8) is 0 Å². The number of nitrogens with zero attached hydrogens (tertiary/aromatic N) is 3. The van der Waals surface area contributed by atoms with E-state index in [2.05, 4.69) is 29.0 Å². The number of fused-ring (bicyclic) bond motifs is 1. The monoisotopic (exact) mass is 395 g/mol. The summed E-state index contributed by atoms with van der Waals surface area (Å²) >= 11 is 0. The molecule has 0 N–H and O–H groups in total. The first-order valence-corrected chi connectivity index (χ1v) is 13.9. The summed E-state index contributed by atoms with van der Waals surface area (Å²) in [6.45, 7) is 13.1. The molecule has 0 saturated carbocycles. The first kappa shape index (κ1) is 20.8. The van der Waals surface area contributed by atoms with Crippen molar-refractivity contribution in [2.45, 2.75) is 57.9 Å². The van der Waals surface area contributed by atoms with Crippen LogP contribution in [0.25, 0.3) is 11.0 Å². The zero-order chi connectivity index (χ0) is 19.6. The predicted octanol–water partition coefficient (Wildman–Crippen LogP) is 3.90. The molecule has 2 rings (SSSR count). The number of hydrogen-bond acceptors (Lipinski definition) is 4. The molecule has 144 valence electrons. The Morgan fingerprint density at radius 2 is 1.96 bits per heavy atom. The normalized spacial score (nSPS) is 13.8. The molecule has 1 aromatic heterocycles. The van der Waals surface area contributed by atoms with E-state index < -0.39 is 22.8 Å².